The summed E-state index contributed by atoms with van der Waals surface area (Å²) in [5, 5.41) is 0. The van der Waals surface area contributed by atoms with Crippen molar-refractivity contribution in [1.29, 1.82) is 0 Å². The first-order valence-corrected chi connectivity index (χ1v) is 47.9. The third-order valence-electron chi connectivity index (χ3n) is 26.2. The maximum Gasteiger partial charge on any atom is 0.0520 e. The van der Waals surface area contributed by atoms with Gasteiger partial charge in [0.05, 0.1) is 22.7 Å². The Morgan fingerprint density at radius 1 is 0.221 bits per heavy atom. The van der Waals surface area contributed by atoms with Gasteiger partial charge >= 0.3 is 0 Å². The highest BCUT2D eigenvalue weighted by molar-refractivity contribution is 5.89. The maximum absolute atomic E-state index is 2.46. The molecular weight excluding hydrogens is 1580 g/mol. The van der Waals surface area contributed by atoms with E-state index in [4.69, 9.17) is 0 Å². The highest BCUT2D eigenvalue weighted by Gasteiger charge is 2.28. The molecule has 0 amide bonds. The summed E-state index contributed by atoms with van der Waals surface area (Å²) < 4.78 is 0. The molecule has 0 aromatic heterocycles. The number of rotatable bonds is 25. The van der Waals surface area contributed by atoms with Gasteiger partial charge in [-0.05, 0) is 399 Å². The summed E-state index contributed by atoms with van der Waals surface area (Å²) in [6, 6.07) is 113. The normalized spacial score (nSPS) is 11.6. The summed E-state index contributed by atoms with van der Waals surface area (Å²) >= 11 is 0. The van der Waals surface area contributed by atoms with Crippen LogP contribution in [-0.2, 0) is 23.7 Å². The van der Waals surface area contributed by atoms with E-state index in [2.05, 4.69) is 508 Å². The molecule has 131 heavy (non-hydrogen) atoms. The molecule has 0 aliphatic heterocycles. The molecule has 0 aliphatic rings. The number of unbranched alkanes of at least 4 members (excludes halogenated alkanes) is 2. The lowest BCUT2D eigenvalue weighted by atomic mass is 9.84. The molecule has 0 saturated heterocycles. The van der Waals surface area contributed by atoms with Crippen LogP contribution in [0.2, 0.25) is 0 Å². The van der Waals surface area contributed by atoms with Crippen molar-refractivity contribution in [2.75, 3.05) is 24.5 Å². The number of nitrogens with zero attached hydrogens (tertiary/aromatic N) is 5. The van der Waals surface area contributed by atoms with Crippen LogP contribution in [0.25, 0.3) is 22.3 Å². The topological polar surface area (TPSA) is 16.2 Å². The van der Waals surface area contributed by atoms with Crippen molar-refractivity contribution < 1.29 is 0 Å². The van der Waals surface area contributed by atoms with Crippen molar-refractivity contribution in [2.24, 2.45) is 0 Å². The second-order valence-electron chi connectivity index (χ2n) is 39.5. The molecule has 0 N–H and O–H groups in total. The number of benzene rings is 15. The molecule has 15 rings (SSSR count). The molecule has 0 saturated carbocycles. The zero-order chi connectivity index (χ0) is 93.9. The van der Waals surface area contributed by atoms with E-state index >= 15 is 0 Å². The largest absolute Gasteiger partial charge is 0.311 e. The van der Waals surface area contributed by atoms with Crippen LogP contribution in [-0.4, -0.2) is 0 Å². The van der Waals surface area contributed by atoms with Gasteiger partial charge in [0, 0.05) is 62.6 Å². The van der Waals surface area contributed by atoms with Gasteiger partial charge in [0.25, 0.3) is 0 Å². The molecule has 0 bridgehead atoms. The summed E-state index contributed by atoms with van der Waals surface area (Å²) in [6.45, 7) is 58.3. The van der Waals surface area contributed by atoms with Gasteiger partial charge in [0.2, 0.25) is 0 Å². The predicted molar refractivity (Wildman–Crippen MR) is 573 cm³/mol. The third kappa shape index (κ3) is 22.8. The summed E-state index contributed by atoms with van der Waals surface area (Å²) in [7, 11) is 0. The molecule has 672 valence electrons. The van der Waals surface area contributed by atoms with Gasteiger partial charge in [-0.2, -0.15) is 0 Å². The number of hydrogen-bond acceptors (Lipinski definition) is 5. The van der Waals surface area contributed by atoms with E-state index in [1.54, 1.807) is 0 Å². The van der Waals surface area contributed by atoms with Crippen LogP contribution in [0.1, 0.15) is 224 Å². The molecule has 15 aromatic rings. The average molecular weight is 1730 g/mol. The maximum atomic E-state index is 2.46. The van der Waals surface area contributed by atoms with Crippen LogP contribution < -0.4 is 24.5 Å². The molecular formula is C126H143N5. The van der Waals surface area contributed by atoms with E-state index in [0.717, 1.165) is 35.6 Å². The molecule has 5 nitrogen and oxygen atoms in total. The van der Waals surface area contributed by atoms with E-state index in [1.807, 2.05) is 0 Å². The smallest absolute Gasteiger partial charge is 0.0520 e. The van der Waals surface area contributed by atoms with Crippen molar-refractivity contribution in [3.63, 3.8) is 0 Å². The lowest BCUT2D eigenvalue weighted by Gasteiger charge is -2.31. The number of hydrogen-bond donors (Lipinski definition) is 0. The lowest BCUT2D eigenvalue weighted by molar-refractivity contribution is 0.589. The fourth-order valence-electron chi connectivity index (χ4n) is 18.5. The fraction of sp³-hybridized carbons (Fsp3) is 0.286. The van der Waals surface area contributed by atoms with Gasteiger partial charge in [0.1, 0.15) is 0 Å². The van der Waals surface area contributed by atoms with Gasteiger partial charge in [0.15, 0.2) is 0 Å². The Morgan fingerprint density at radius 2 is 0.427 bits per heavy atom. The van der Waals surface area contributed by atoms with Crippen molar-refractivity contribution in [3.8, 4) is 22.3 Å². The monoisotopic (exact) mass is 1730 g/mol. The highest BCUT2D eigenvalue weighted by atomic mass is 15.2. The van der Waals surface area contributed by atoms with Crippen LogP contribution in [0, 0.1) is 111 Å². The standard InChI is InChI=1S/C52H60N2.C50H56N2.C24H27N/c1-11-13-15-43-29-39(7)51(40(8)30-43)53(45-21-17-35(3)18-22-45)47-25-27-49(37(5)33-47)50-28-26-48(34-38(50)6)54(46-23-19-36(4)20-24-46)52-41(9)31-44(16-14-12-2)32-42(52)10;1-33-13-21-43(22-14-33)51(47-35(3)29-41(30-36(47)4)49(7,8)9)45-25-17-39(18-26-45)40-19-27-46(28-20-40)52(44-23-15-34(2)16-24-44)48-37(5)31-42(32-38(48)6)50(10,11)12;1-5-20(4)21-10-16-24(17-11-21)25(22-12-6-18(2)7-13-22)23-14-8-19(3)9-15-23/h17-34H,11-16H2,1-10H3;13-32H,1-12H3;6-17,20H,5H2,1-4H3. The van der Waals surface area contributed by atoms with Gasteiger partial charge in [-0.1, -0.05) is 285 Å². The Bertz CT molecular complexity index is 5920. The lowest BCUT2D eigenvalue weighted by Crippen LogP contribution is -2.16. The van der Waals surface area contributed by atoms with E-state index in [0.29, 0.717) is 5.92 Å². The van der Waals surface area contributed by atoms with Crippen LogP contribution in [0.3, 0.4) is 0 Å². The van der Waals surface area contributed by atoms with Gasteiger partial charge in [-0.15, -0.1) is 0 Å². The Hall–Kier alpha value is -12.7. The molecule has 0 radical (unpaired) electrons. The minimum Gasteiger partial charge on any atom is -0.311 e. The SMILES string of the molecule is CCC(C)c1ccc(N(c2ccc(C)cc2)c2ccc(C)cc2)cc1.CCCCc1cc(C)c(N(c2ccc(C)cc2)c2ccc(-c3ccc(N(c4ccc(C)cc4)c4c(C)cc(CCCC)cc4C)cc3C)c(C)c2)c(C)c1.Cc1ccc(N(c2ccc(-c3ccc(N(c4ccc(C)cc4)c4c(C)cc(C(C)(C)C)cc4C)cc3)cc2)c2c(C)cc(C(C)(C)C)cc2C)cc1. The molecule has 5 heteroatoms. The third-order valence-corrected chi connectivity index (χ3v) is 26.2. The van der Waals surface area contributed by atoms with E-state index < -0.39 is 0 Å². The summed E-state index contributed by atoms with van der Waals surface area (Å²) in [5.41, 5.74) is 50.5. The molecule has 1 unspecified atom stereocenters. The van der Waals surface area contributed by atoms with Crippen molar-refractivity contribution in [2.45, 2.75) is 242 Å². The van der Waals surface area contributed by atoms with Crippen molar-refractivity contribution >= 4 is 85.3 Å². The molecule has 15 aromatic carbocycles. The Balaban J connectivity index is 0.000000178. The van der Waals surface area contributed by atoms with E-state index in [-0.39, 0.29) is 10.8 Å². The minimum absolute atomic E-state index is 0.0889. The second kappa shape index (κ2) is 42.0. The molecule has 0 spiro atoms. The molecule has 0 aliphatic carbocycles. The predicted octanol–water partition coefficient (Wildman–Crippen LogP) is 37.5. The van der Waals surface area contributed by atoms with Crippen LogP contribution in [0.4, 0.5) is 85.3 Å². The van der Waals surface area contributed by atoms with E-state index in [9.17, 15) is 0 Å². The van der Waals surface area contributed by atoms with Crippen LogP contribution >= 0.6 is 0 Å². The number of aryl methyl sites for hydroxylation is 18. The Kier molecular flexibility index (Phi) is 30.8. The van der Waals surface area contributed by atoms with E-state index in [1.165, 1.54) is 234 Å². The molecule has 1 atom stereocenters. The van der Waals surface area contributed by atoms with Crippen LogP contribution in [0.5, 0.6) is 0 Å². The quantitative estimate of drug-likeness (QED) is 0.0565. The zero-order valence-electron chi connectivity index (χ0n) is 83.6. The van der Waals surface area contributed by atoms with Crippen molar-refractivity contribution in [3.05, 3.63) is 420 Å². The van der Waals surface area contributed by atoms with Gasteiger partial charge in [-0.3, -0.25) is 0 Å². The summed E-state index contributed by atoms with van der Waals surface area (Å²) in [5.74, 6) is 0.598. The first-order chi connectivity index (χ1) is 62.6. The first-order valence-electron chi connectivity index (χ1n) is 47.9. The molecule has 0 fully saturated rings. The molecule has 0 heterocycles. The van der Waals surface area contributed by atoms with Gasteiger partial charge in [-0.25, -0.2) is 0 Å². The zero-order valence-corrected chi connectivity index (χ0v) is 83.6. The first kappa shape index (κ1) is 95.9. The van der Waals surface area contributed by atoms with Gasteiger partial charge < -0.3 is 24.5 Å². The Labute approximate surface area is 788 Å². The summed E-state index contributed by atoms with van der Waals surface area (Å²) in [6.07, 6.45) is 8.28. The minimum atomic E-state index is 0.0889. The number of anilines is 15. The Morgan fingerprint density at radius 3 is 0.649 bits per heavy atom. The second-order valence-corrected chi connectivity index (χ2v) is 39.5. The highest BCUT2D eigenvalue weighted by Crippen LogP contribution is 2.49. The summed E-state index contributed by atoms with van der Waals surface area (Å²) in [4.78, 5) is 12.1. The average Bonchev–Trinajstić information content (AvgIpc) is 0.770. The van der Waals surface area contributed by atoms with Crippen LogP contribution in [0.15, 0.2) is 303 Å². The fourth-order valence-corrected chi connectivity index (χ4v) is 18.5. The van der Waals surface area contributed by atoms with Crippen molar-refractivity contribution in [1.82, 2.24) is 0 Å².